The SMILES string of the molecule is COC(=O)N[C@@H]1CC=CC[C@H]1I. The van der Waals surface area contributed by atoms with Gasteiger partial charge in [0.25, 0.3) is 0 Å². The summed E-state index contributed by atoms with van der Waals surface area (Å²) in [6.07, 6.45) is 5.83. The van der Waals surface area contributed by atoms with Gasteiger partial charge in [-0.1, -0.05) is 34.7 Å². The van der Waals surface area contributed by atoms with Crippen molar-refractivity contribution in [2.75, 3.05) is 7.11 Å². The first-order valence-electron chi connectivity index (χ1n) is 3.87. The van der Waals surface area contributed by atoms with Crippen LogP contribution in [0.1, 0.15) is 12.8 Å². The van der Waals surface area contributed by atoms with Crippen molar-refractivity contribution in [2.45, 2.75) is 22.8 Å². The smallest absolute Gasteiger partial charge is 0.407 e. The minimum absolute atomic E-state index is 0.225. The topological polar surface area (TPSA) is 38.3 Å². The van der Waals surface area contributed by atoms with Crippen LogP contribution in [0.4, 0.5) is 4.79 Å². The first-order chi connectivity index (χ1) is 5.74. The van der Waals surface area contributed by atoms with Gasteiger partial charge in [-0.05, 0) is 12.8 Å². The summed E-state index contributed by atoms with van der Waals surface area (Å²) in [6, 6.07) is 0.225. The van der Waals surface area contributed by atoms with Crippen molar-refractivity contribution in [3.8, 4) is 0 Å². The highest BCUT2D eigenvalue weighted by molar-refractivity contribution is 14.1. The first kappa shape index (κ1) is 9.83. The second kappa shape index (κ2) is 4.69. The van der Waals surface area contributed by atoms with Gasteiger partial charge in [-0.2, -0.15) is 0 Å². The zero-order chi connectivity index (χ0) is 8.97. The number of carbonyl (C=O) groups is 1. The molecular weight excluding hydrogens is 269 g/mol. The van der Waals surface area contributed by atoms with E-state index in [-0.39, 0.29) is 12.1 Å². The maximum Gasteiger partial charge on any atom is 0.407 e. The Bertz CT molecular complexity index is 193. The standard InChI is InChI=1S/C8H12INO2/c1-12-8(11)10-7-5-3-2-4-6(7)9/h2-3,6-7H,4-5H2,1H3,(H,10,11)/t6-,7-/m1/s1. The van der Waals surface area contributed by atoms with Crippen molar-refractivity contribution in [1.29, 1.82) is 0 Å². The van der Waals surface area contributed by atoms with Crippen LogP contribution in [0.5, 0.6) is 0 Å². The molecule has 0 fully saturated rings. The molecule has 0 aromatic carbocycles. The van der Waals surface area contributed by atoms with E-state index in [1.165, 1.54) is 7.11 Å². The quantitative estimate of drug-likeness (QED) is 0.452. The number of carbonyl (C=O) groups excluding carboxylic acids is 1. The van der Waals surface area contributed by atoms with Gasteiger partial charge in [0.15, 0.2) is 0 Å². The lowest BCUT2D eigenvalue weighted by molar-refractivity contribution is 0.166. The third-order valence-electron chi connectivity index (χ3n) is 1.84. The molecule has 2 atom stereocenters. The maximum atomic E-state index is 10.9. The molecule has 3 nitrogen and oxygen atoms in total. The molecule has 1 rings (SSSR count). The van der Waals surface area contributed by atoms with E-state index < -0.39 is 0 Å². The van der Waals surface area contributed by atoms with Crippen LogP contribution in [0.3, 0.4) is 0 Å². The monoisotopic (exact) mass is 281 g/mol. The van der Waals surface area contributed by atoms with Gasteiger partial charge >= 0.3 is 6.09 Å². The zero-order valence-electron chi connectivity index (χ0n) is 6.92. The van der Waals surface area contributed by atoms with Crippen LogP contribution in [-0.4, -0.2) is 23.2 Å². The summed E-state index contributed by atoms with van der Waals surface area (Å²) in [5, 5.41) is 2.80. The zero-order valence-corrected chi connectivity index (χ0v) is 9.08. The molecular formula is C8H12INO2. The van der Waals surface area contributed by atoms with Gasteiger partial charge in [0.1, 0.15) is 0 Å². The van der Waals surface area contributed by atoms with Crippen LogP contribution in [0.15, 0.2) is 12.2 Å². The average Bonchev–Trinajstić information content (AvgIpc) is 2.09. The third-order valence-corrected chi connectivity index (χ3v) is 3.22. The van der Waals surface area contributed by atoms with Crippen molar-refractivity contribution in [1.82, 2.24) is 5.32 Å². The number of allylic oxidation sites excluding steroid dienone is 1. The Kier molecular flexibility index (Phi) is 3.84. The molecule has 68 valence electrons. The van der Waals surface area contributed by atoms with Crippen molar-refractivity contribution in [3.63, 3.8) is 0 Å². The number of hydrogen-bond acceptors (Lipinski definition) is 2. The number of halogens is 1. The molecule has 0 heterocycles. The Morgan fingerprint density at radius 2 is 2.25 bits per heavy atom. The first-order valence-corrected chi connectivity index (χ1v) is 5.12. The van der Waals surface area contributed by atoms with E-state index in [1.807, 2.05) is 0 Å². The summed E-state index contributed by atoms with van der Waals surface area (Å²) in [5.41, 5.74) is 0. The summed E-state index contributed by atoms with van der Waals surface area (Å²) < 4.78 is 5.00. The Morgan fingerprint density at radius 1 is 1.58 bits per heavy atom. The Hall–Kier alpha value is -0.260. The number of alkyl carbamates (subject to hydrolysis) is 1. The van der Waals surface area contributed by atoms with Gasteiger partial charge in [0.05, 0.1) is 7.11 Å². The molecule has 1 amide bonds. The molecule has 0 saturated carbocycles. The molecule has 0 radical (unpaired) electrons. The van der Waals surface area contributed by atoms with Gasteiger partial charge in [0.2, 0.25) is 0 Å². The fourth-order valence-electron chi connectivity index (χ4n) is 1.14. The molecule has 0 saturated heterocycles. The van der Waals surface area contributed by atoms with E-state index in [9.17, 15) is 4.79 Å². The summed E-state index contributed by atoms with van der Waals surface area (Å²) in [6.45, 7) is 0. The predicted molar refractivity (Wildman–Crippen MR) is 55.5 cm³/mol. The van der Waals surface area contributed by atoms with Gasteiger partial charge in [-0.3, -0.25) is 0 Å². The molecule has 1 N–H and O–H groups in total. The minimum Gasteiger partial charge on any atom is -0.453 e. The summed E-state index contributed by atoms with van der Waals surface area (Å²) in [5.74, 6) is 0. The normalized spacial score (nSPS) is 28.2. The van der Waals surface area contributed by atoms with Crippen LogP contribution in [0.2, 0.25) is 0 Å². The van der Waals surface area contributed by atoms with E-state index in [1.54, 1.807) is 0 Å². The lowest BCUT2D eigenvalue weighted by Crippen LogP contribution is -2.41. The van der Waals surface area contributed by atoms with Crippen molar-refractivity contribution in [2.24, 2.45) is 0 Å². The van der Waals surface area contributed by atoms with Crippen LogP contribution in [0, 0.1) is 0 Å². The van der Waals surface area contributed by atoms with Gasteiger partial charge in [-0.25, -0.2) is 4.79 Å². The summed E-state index contributed by atoms with van der Waals surface area (Å²) >= 11 is 2.35. The number of methoxy groups -OCH3 is 1. The van der Waals surface area contributed by atoms with Crippen LogP contribution in [0.25, 0.3) is 0 Å². The molecule has 12 heavy (non-hydrogen) atoms. The van der Waals surface area contributed by atoms with E-state index in [4.69, 9.17) is 0 Å². The van der Waals surface area contributed by atoms with Crippen molar-refractivity contribution < 1.29 is 9.53 Å². The Balaban J connectivity index is 2.40. The highest BCUT2D eigenvalue weighted by Crippen LogP contribution is 2.19. The van der Waals surface area contributed by atoms with Crippen molar-refractivity contribution >= 4 is 28.7 Å². The Morgan fingerprint density at radius 3 is 2.83 bits per heavy atom. The minimum atomic E-state index is -0.336. The van der Waals surface area contributed by atoms with Crippen LogP contribution < -0.4 is 5.32 Å². The molecule has 0 aromatic rings. The molecule has 0 bridgehead atoms. The Labute approximate surface area is 85.7 Å². The molecule has 4 heteroatoms. The number of rotatable bonds is 1. The van der Waals surface area contributed by atoms with Crippen molar-refractivity contribution in [3.05, 3.63) is 12.2 Å². The van der Waals surface area contributed by atoms with Crippen LogP contribution >= 0.6 is 22.6 Å². The molecule has 1 aliphatic rings. The van der Waals surface area contributed by atoms with Gasteiger partial charge < -0.3 is 10.1 Å². The van der Waals surface area contributed by atoms with E-state index in [2.05, 4.69) is 44.8 Å². The van der Waals surface area contributed by atoms with E-state index >= 15 is 0 Å². The fourth-order valence-corrected chi connectivity index (χ4v) is 1.91. The third kappa shape index (κ3) is 2.66. The second-order valence-corrected chi connectivity index (χ2v) is 4.30. The van der Waals surface area contributed by atoms with Gasteiger partial charge in [-0.15, -0.1) is 0 Å². The van der Waals surface area contributed by atoms with Gasteiger partial charge in [0, 0.05) is 9.97 Å². The van der Waals surface area contributed by atoms with E-state index in [0.29, 0.717) is 3.92 Å². The number of amides is 1. The highest BCUT2D eigenvalue weighted by Gasteiger charge is 2.21. The fraction of sp³-hybridized carbons (Fsp3) is 0.625. The largest absolute Gasteiger partial charge is 0.453 e. The van der Waals surface area contributed by atoms with Crippen LogP contribution in [-0.2, 0) is 4.74 Å². The predicted octanol–water partition coefficient (Wildman–Crippen LogP) is 1.86. The van der Waals surface area contributed by atoms with E-state index in [0.717, 1.165) is 12.8 Å². The summed E-state index contributed by atoms with van der Waals surface area (Å²) in [4.78, 5) is 10.9. The maximum absolute atomic E-state index is 10.9. The number of alkyl halides is 1. The summed E-state index contributed by atoms with van der Waals surface area (Å²) in [7, 11) is 1.39. The number of hydrogen-bond donors (Lipinski definition) is 1. The molecule has 0 aromatic heterocycles. The highest BCUT2D eigenvalue weighted by atomic mass is 127. The second-order valence-electron chi connectivity index (χ2n) is 2.70. The number of nitrogens with one attached hydrogen (secondary N) is 1. The molecule has 0 unspecified atom stereocenters. The number of ether oxygens (including phenoxy) is 1. The molecule has 0 spiro atoms. The lowest BCUT2D eigenvalue weighted by atomic mass is 10.0. The molecule has 0 aliphatic heterocycles. The lowest BCUT2D eigenvalue weighted by Gasteiger charge is -2.23. The average molecular weight is 281 g/mol. The molecule has 1 aliphatic carbocycles.